The third-order valence-corrected chi connectivity index (χ3v) is 5.65. The molecule has 7 nitrogen and oxygen atoms in total. The highest BCUT2D eigenvalue weighted by molar-refractivity contribution is 5.66. The molecular formula is C22H26N4O3. The molecule has 2 aliphatic rings. The van der Waals surface area contributed by atoms with E-state index in [1.54, 1.807) is 6.26 Å². The molecule has 3 aromatic rings. The summed E-state index contributed by atoms with van der Waals surface area (Å²) in [7, 11) is 0. The zero-order valence-electron chi connectivity index (χ0n) is 16.4. The van der Waals surface area contributed by atoms with Crippen LogP contribution in [0.1, 0.15) is 30.2 Å². The number of hydrogen-bond acceptors (Lipinski definition) is 6. The molecule has 4 heterocycles. The van der Waals surface area contributed by atoms with Gasteiger partial charge in [-0.05, 0) is 56.3 Å². The van der Waals surface area contributed by atoms with Crippen LogP contribution in [0.3, 0.4) is 0 Å². The fraction of sp³-hybridized carbons (Fsp3) is 0.409. The van der Waals surface area contributed by atoms with Crippen molar-refractivity contribution in [3.05, 3.63) is 54.1 Å². The summed E-state index contributed by atoms with van der Waals surface area (Å²) in [6.07, 6.45) is 6.16. The summed E-state index contributed by atoms with van der Waals surface area (Å²) in [6.45, 7) is 4.99. The summed E-state index contributed by atoms with van der Waals surface area (Å²) >= 11 is 0. The number of furan rings is 1. The molecule has 0 amide bonds. The van der Waals surface area contributed by atoms with E-state index in [9.17, 15) is 0 Å². The van der Waals surface area contributed by atoms with Crippen LogP contribution in [0.4, 0.5) is 0 Å². The predicted octanol–water partition coefficient (Wildman–Crippen LogP) is 3.37. The SMILES string of the molecule is c1coc(C(CNCc2cn[nH]c2-c2ccc3c(c2)OCCO3)N2CCCC2)c1. The highest BCUT2D eigenvalue weighted by Crippen LogP contribution is 2.35. The van der Waals surface area contributed by atoms with Crippen molar-refractivity contribution < 1.29 is 13.9 Å². The Labute approximate surface area is 170 Å². The van der Waals surface area contributed by atoms with Crippen LogP contribution in [0, 0.1) is 0 Å². The number of likely N-dealkylation sites (tertiary alicyclic amines) is 1. The van der Waals surface area contributed by atoms with E-state index in [1.807, 2.05) is 30.5 Å². The first-order valence-corrected chi connectivity index (χ1v) is 10.3. The van der Waals surface area contributed by atoms with E-state index in [-0.39, 0.29) is 6.04 Å². The Morgan fingerprint density at radius 2 is 1.97 bits per heavy atom. The van der Waals surface area contributed by atoms with E-state index < -0.39 is 0 Å². The van der Waals surface area contributed by atoms with E-state index in [0.29, 0.717) is 13.2 Å². The van der Waals surface area contributed by atoms with Crippen molar-refractivity contribution in [1.29, 1.82) is 0 Å². The van der Waals surface area contributed by atoms with Crippen molar-refractivity contribution in [2.24, 2.45) is 0 Å². The maximum absolute atomic E-state index is 5.72. The monoisotopic (exact) mass is 394 g/mol. The number of nitrogens with zero attached hydrogens (tertiary/aromatic N) is 2. The van der Waals surface area contributed by atoms with Crippen molar-refractivity contribution in [2.75, 3.05) is 32.8 Å². The van der Waals surface area contributed by atoms with Crippen LogP contribution in [0.5, 0.6) is 11.5 Å². The Balaban J connectivity index is 1.28. The summed E-state index contributed by atoms with van der Waals surface area (Å²) in [6, 6.07) is 10.3. The molecule has 1 saturated heterocycles. The molecule has 0 radical (unpaired) electrons. The molecule has 2 aromatic heterocycles. The number of rotatable bonds is 7. The number of aromatic nitrogens is 2. The summed E-state index contributed by atoms with van der Waals surface area (Å²) in [5.41, 5.74) is 3.18. The molecule has 0 saturated carbocycles. The van der Waals surface area contributed by atoms with Crippen LogP contribution >= 0.6 is 0 Å². The van der Waals surface area contributed by atoms with Gasteiger partial charge < -0.3 is 19.2 Å². The fourth-order valence-electron chi connectivity index (χ4n) is 4.18. The van der Waals surface area contributed by atoms with E-state index in [2.05, 4.69) is 26.5 Å². The number of H-pyrrole nitrogens is 1. The van der Waals surface area contributed by atoms with Gasteiger partial charge in [-0.2, -0.15) is 5.10 Å². The Bertz CT molecular complexity index is 931. The van der Waals surface area contributed by atoms with Crippen molar-refractivity contribution in [2.45, 2.75) is 25.4 Å². The highest BCUT2D eigenvalue weighted by atomic mass is 16.6. The first-order chi connectivity index (χ1) is 14.4. The molecule has 7 heteroatoms. The van der Waals surface area contributed by atoms with Gasteiger partial charge in [0.25, 0.3) is 0 Å². The van der Waals surface area contributed by atoms with Gasteiger partial charge in [0, 0.05) is 24.2 Å². The minimum absolute atomic E-state index is 0.261. The number of benzene rings is 1. The van der Waals surface area contributed by atoms with E-state index in [0.717, 1.165) is 60.3 Å². The van der Waals surface area contributed by atoms with Gasteiger partial charge in [0.2, 0.25) is 0 Å². The van der Waals surface area contributed by atoms with Crippen LogP contribution in [-0.2, 0) is 6.54 Å². The van der Waals surface area contributed by atoms with Crippen LogP contribution in [0.2, 0.25) is 0 Å². The molecule has 2 N–H and O–H groups in total. The first-order valence-electron chi connectivity index (χ1n) is 10.3. The van der Waals surface area contributed by atoms with Gasteiger partial charge in [0.05, 0.1) is 24.2 Å². The lowest BCUT2D eigenvalue weighted by Gasteiger charge is -2.26. The topological polar surface area (TPSA) is 75.5 Å². The van der Waals surface area contributed by atoms with Crippen molar-refractivity contribution in [1.82, 2.24) is 20.4 Å². The smallest absolute Gasteiger partial charge is 0.162 e. The molecule has 0 bridgehead atoms. The molecule has 29 heavy (non-hydrogen) atoms. The fourth-order valence-corrected chi connectivity index (χ4v) is 4.18. The molecule has 152 valence electrons. The maximum atomic E-state index is 5.72. The molecule has 1 unspecified atom stereocenters. The quantitative estimate of drug-likeness (QED) is 0.640. The average molecular weight is 394 g/mol. The molecule has 1 atom stereocenters. The normalized spacial score (nSPS) is 17.5. The van der Waals surface area contributed by atoms with Crippen molar-refractivity contribution in [3.8, 4) is 22.8 Å². The van der Waals surface area contributed by atoms with Gasteiger partial charge in [0.15, 0.2) is 11.5 Å². The van der Waals surface area contributed by atoms with Crippen LogP contribution in [0.15, 0.2) is 47.2 Å². The van der Waals surface area contributed by atoms with Gasteiger partial charge in [0.1, 0.15) is 19.0 Å². The lowest BCUT2D eigenvalue weighted by atomic mass is 10.1. The Morgan fingerprint density at radius 1 is 1.10 bits per heavy atom. The second kappa shape index (κ2) is 8.31. The zero-order valence-corrected chi connectivity index (χ0v) is 16.4. The molecule has 1 aromatic carbocycles. The largest absolute Gasteiger partial charge is 0.486 e. The maximum Gasteiger partial charge on any atom is 0.162 e. The standard InChI is InChI=1S/C22H26N4O3/c1-2-8-26(7-1)18(19-4-3-9-27-19)15-23-13-17-14-24-25-22(17)16-5-6-20-21(12-16)29-11-10-28-20/h3-6,9,12,14,18,23H,1-2,7-8,10-11,13,15H2,(H,24,25). The van der Waals surface area contributed by atoms with Crippen LogP contribution < -0.4 is 14.8 Å². The number of ether oxygens (including phenoxy) is 2. The molecule has 5 rings (SSSR count). The lowest BCUT2D eigenvalue weighted by Crippen LogP contribution is -2.33. The van der Waals surface area contributed by atoms with Gasteiger partial charge in [-0.15, -0.1) is 0 Å². The Hall–Kier alpha value is -2.77. The predicted molar refractivity (Wildman–Crippen MR) is 109 cm³/mol. The van der Waals surface area contributed by atoms with Gasteiger partial charge in [-0.1, -0.05) is 0 Å². The summed E-state index contributed by atoms with van der Waals surface area (Å²) in [5, 5.41) is 11.0. The van der Waals surface area contributed by atoms with Gasteiger partial charge in [-0.25, -0.2) is 0 Å². The Morgan fingerprint density at radius 3 is 2.79 bits per heavy atom. The second-order valence-corrected chi connectivity index (χ2v) is 7.53. The number of nitrogens with one attached hydrogen (secondary N) is 2. The third-order valence-electron chi connectivity index (χ3n) is 5.65. The number of aromatic amines is 1. The minimum atomic E-state index is 0.261. The summed E-state index contributed by atoms with van der Waals surface area (Å²) in [4.78, 5) is 2.50. The van der Waals surface area contributed by atoms with Crippen molar-refractivity contribution >= 4 is 0 Å². The molecule has 1 fully saturated rings. The lowest BCUT2D eigenvalue weighted by molar-refractivity contribution is 0.171. The second-order valence-electron chi connectivity index (χ2n) is 7.53. The Kier molecular flexibility index (Phi) is 5.23. The van der Waals surface area contributed by atoms with E-state index in [4.69, 9.17) is 13.9 Å². The number of hydrogen-bond donors (Lipinski definition) is 2. The minimum Gasteiger partial charge on any atom is -0.486 e. The van der Waals surface area contributed by atoms with E-state index in [1.165, 1.54) is 12.8 Å². The summed E-state index contributed by atoms with van der Waals surface area (Å²) < 4.78 is 17.1. The summed E-state index contributed by atoms with van der Waals surface area (Å²) in [5.74, 6) is 2.61. The molecule has 2 aliphatic heterocycles. The van der Waals surface area contributed by atoms with Crippen LogP contribution in [0.25, 0.3) is 11.3 Å². The first kappa shape index (κ1) is 18.3. The highest BCUT2D eigenvalue weighted by Gasteiger charge is 2.25. The van der Waals surface area contributed by atoms with Crippen LogP contribution in [-0.4, -0.2) is 47.9 Å². The van der Waals surface area contributed by atoms with E-state index >= 15 is 0 Å². The molecule has 0 aliphatic carbocycles. The zero-order chi connectivity index (χ0) is 19.5. The molecule has 0 spiro atoms. The average Bonchev–Trinajstić information content (AvgIpc) is 3.54. The molecular weight excluding hydrogens is 368 g/mol. The van der Waals surface area contributed by atoms with Crippen molar-refractivity contribution in [3.63, 3.8) is 0 Å². The van der Waals surface area contributed by atoms with Gasteiger partial charge in [-0.3, -0.25) is 10.00 Å². The third kappa shape index (κ3) is 3.88. The number of fused-ring (bicyclic) bond motifs is 1. The van der Waals surface area contributed by atoms with Gasteiger partial charge >= 0.3 is 0 Å².